The monoisotopic (exact) mass is 356 g/mol. The maximum absolute atomic E-state index is 12.3. The highest BCUT2D eigenvalue weighted by atomic mass is 16.5. The van der Waals surface area contributed by atoms with Gasteiger partial charge in [0.1, 0.15) is 5.75 Å². The summed E-state index contributed by atoms with van der Waals surface area (Å²) in [5, 5.41) is 2.74. The number of hydrogen-bond donors (Lipinski definition) is 1. The molecule has 138 valence electrons. The number of methoxy groups -OCH3 is 1. The zero-order valence-electron chi connectivity index (χ0n) is 15.4. The van der Waals surface area contributed by atoms with Gasteiger partial charge in [0.25, 0.3) is 5.91 Å². The normalized spacial score (nSPS) is 13.3. The molecule has 1 heterocycles. The molecule has 0 radical (unpaired) electrons. The van der Waals surface area contributed by atoms with Crippen molar-refractivity contribution in [3.63, 3.8) is 0 Å². The molecule has 1 amide bonds. The van der Waals surface area contributed by atoms with Crippen molar-refractivity contribution >= 4 is 11.9 Å². The van der Waals surface area contributed by atoms with Crippen molar-refractivity contribution in [1.29, 1.82) is 0 Å². The topological polar surface area (TPSA) is 69.6 Å². The number of hydrogen-bond acceptors (Lipinski definition) is 4. The lowest BCUT2D eigenvalue weighted by Crippen LogP contribution is -2.28. The van der Waals surface area contributed by atoms with Crippen LogP contribution in [-0.4, -0.2) is 30.2 Å². The zero-order valence-corrected chi connectivity index (χ0v) is 15.4. The van der Waals surface area contributed by atoms with Crippen molar-refractivity contribution in [1.82, 2.24) is 9.88 Å². The van der Waals surface area contributed by atoms with Crippen molar-refractivity contribution in [2.24, 2.45) is 0 Å². The maximum atomic E-state index is 12.3. The lowest BCUT2D eigenvalue weighted by atomic mass is 10.2. The second kappa shape index (κ2) is 7.64. The van der Waals surface area contributed by atoms with Crippen LogP contribution in [0.5, 0.6) is 5.75 Å². The number of carbonyl (C=O) groups is 2. The van der Waals surface area contributed by atoms with Gasteiger partial charge >= 0.3 is 5.97 Å². The number of rotatable bonds is 7. The fourth-order valence-corrected chi connectivity index (χ4v) is 3.18. The first-order valence-corrected chi connectivity index (χ1v) is 8.75. The van der Waals surface area contributed by atoms with Crippen LogP contribution in [0.25, 0.3) is 0 Å². The second-order valence-electron chi connectivity index (χ2n) is 6.55. The van der Waals surface area contributed by atoms with Gasteiger partial charge in [0.2, 0.25) is 0 Å². The molecule has 26 heavy (non-hydrogen) atoms. The molecule has 1 aliphatic carbocycles. The van der Waals surface area contributed by atoms with Gasteiger partial charge in [0.05, 0.1) is 12.7 Å². The van der Waals surface area contributed by atoms with E-state index in [0.29, 0.717) is 23.9 Å². The third-order valence-corrected chi connectivity index (χ3v) is 4.62. The molecule has 6 heteroatoms. The van der Waals surface area contributed by atoms with Gasteiger partial charge in [-0.25, -0.2) is 4.79 Å². The van der Waals surface area contributed by atoms with Crippen LogP contribution in [0.2, 0.25) is 0 Å². The molecule has 1 fully saturated rings. The molecule has 0 saturated heterocycles. The Hall–Kier alpha value is -2.76. The Morgan fingerprint density at radius 3 is 2.65 bits per heavy atom. The molecule has 0 aliphatic heterocycles. The molecule has 1 aromatic carbocycles. The largest absolute Gasteiger partial charge is 0.496 e. The molecule has 2 aromatic rings. The minimum atomic E-state index is -0.461. The summed E-state index contributed by atoms with van der Waals surface area (Å²) < 4.78 is 12.6. The molecule has 1 N–H and O–H groups in total. The third-order valence-electron chi connectivity index (χ3n) is 4.62. The van der Waals surface area contributed by atoms with Crippen molar-refractivity contribution in [3.05, 3.63) is 52.8 Å². The molecular formula is C20H24N2O4. The van der Waals surface area contributed by atoms with Crippen LogP contribution in [0, 0.1) is 13.8 Å². The van der Waals surface area contributed by atoms with E-state index < -0.39 is 5.97 Å². The summed E-state index contributed by atoms with van der Waals surface area (Å²) in [6.07, 6.45) is 2.30. The average molecular weight is 356 g/mol. The van der Waals surface area contributed by atoms with Crippen molar-refractivity contribution in [2.45, 2.75) is 39.3 Å². The number of nitrogens with one attached hydrogen (secondary N) is 1. The number of carbonyl (C=O) groups excluding carboxylic acids is 2. The molecule has 3 rings (SSSR count). The van der Waals surface area contributed by atoms with Crippen LogP contribution in [0.3, 0.4) is 0 Å². The number of ether oxygens (including phenoxy) is 2. The van der Waals surface area contributed by atoms with E-state index in [2.05, 4.69) is 9.88 Å². The molecule has 0 bridgehead atoms. The highest BCUT2D eigenvalue weighted by molar-refractivity contribution is 5.92. The molecular weight excluding hydrogens is 332 g/mol. The molecule has 1 aromatic heterocycles. The van der Waals surface area contributed by atoms with Crippen LogP contribution in [0.15, 0.2) is 30.3 Å². The third kappa shape index (κ3) is 3.90. The molecule has 6 nitrogen and oxygen atoms in total. The van der Waals surface area contributed by atoms with Crippen molar-refractivity contribution in [3.8, 4) is 5.75 Å². The summed E-state index contributed by atoms with van der Waals surface area (Å²) in [5.74, 6) is -0.102. The fraction of sp³-hybridized carbons (Fsp3) is 0.400. The van der Waals surface area contributed by atoms with Crippen LogP contribution >= 0.6 is 0 Å². The van der Waals surface area contributed by atoms with Gasteiger partial charge < -0.3 is 19.4 Å². The number of para-hydroxylation sites is 1. The number of aryl methyl sites for hydroxylation is 1. The van der Waals surface area contributed by atoms with E-state index in [1.165, 1.54) is 0 Å². The summed E-state index contributed by atoms with van der Waals surface area (Å²) in [6, 6.07) is 9.78. The average Bonchev–Trinajstić information content (AvgIpc) is 3.42. The SMILES string of the molecule is COc1ccccc1CNC(=O)COC(=O)c1cc(C)n(C2CC2)c1C. The summed E-state index contributed by atoms with van der Waals surface area (Å²) in [7, 11) is 1.58. The summed E-state index contributed by atoms with van der Waals surface area (Å²) in [4.78, 5) is 24.3. The number of amides is 1. The number of aromatic nitrogens is 1. The Labute approximate surface area is 153 Å². The van der Waals surface area contributed by atoms with Gasteiger partial charge in [-0.15, -0.1) is 0 Å². The highest BCUT2D eigenvalue weighted by Gasteiger charge is 2.28. The van der Waals surface area contributed by atoms with E-state index in [-0.39, 0.29) is 12.5 Å². The first-order valence-electron chi connectivity index (χ1n) is 8.75. The smallest absolute Gasteiger partial charge is 0.340 e. The van der Waals surface area contributed by atoms with Gasteiger partial charge in [0, 0.05) is 29.5 Å². The van der Waals surface area contributed by atoms with E-state index in [1.54, 1.807) is 7.11 Å². The van der Waals surface area contributed by atoms with Gasteiger partial charge in [-0.1, -0.05) is 18.2 Å². The summed E-state index contributed by atoms with van der Waals surface area (Å²) in [5.41, 5.74) is 3.36. The van der Waals surface area contributed by atoms with E-state index in [4.69, 9.17) is 9.47 Å². The van der Waals surface area contributed by atoms with Gasteiger partial charge in [0.15, 0.2) is 6.61 Å². The summed E-state index contributed by atoms with van der Waals surface area (Å²) >= 11 is 0. The van der Waals surface area contributed by atoms with Crippen LogP contribution in [0.1, 0.15) is 46.2 Å². The number of esters is 1. The minimum absolute atomic E-state index is 0.304. The van der Waals surface area contributed by atoms with Crippen molar-refractivity contribution in [2.75, 3.05) is 13.7 Å². The van der Waals surface area contributed by atoms with E-state index in [0.717, 1.165) is 29.8 Å². The zero-order chi connectivity index (χ0) is 18.7. The highest BCUT2D eigenvalue weighted by Crippen LogP contribution is 2.38. The van der Waals surface area contributed by atoms with E-state index in [9.17, 15) is 9.59 Å². The Morgan fingerprint density at radius 2 is 1.96 bits per heavy atom. The predicted octanol–water partition coefficient (Wildman–Crippen LogP) is 2.92. The molecule has 0 atom stereocenters. The van der Waals surface area contributed by atoms with Crippen LogP contribution < -0.4 is 10.1 Å². The standard InChI is InChI=1S/C20H24N2O4/c1-13-10-17(14(2)22(13)16-8-9-16)20(24)26-12-19(23)21-11-15-6-4-5-7-18(15)25-3/h4-7,10,16H,8-9,11-12H2,1-3H3,(H,21,23). The molecule has 1 aliphatic rings. The lowest BCUT2D eigenvalue weighted by Gasteiger charge is -2.10. The van der Waals surface area contributed by atoms with Crippen LogP contribution in [-0.2, 0) is 16.1 Å². The molecule has 0 spiro atoms. The fourth-order valence-electron chi connectivity index (χ4n) is 3.18. The minimum Gasteiger partial charge on any atom is -0.496 e. The predicted molar refractivity (Wildman–Crippen MR) is 97.3 cm³/mol. The van der Waals surface area contributed by atoms with Crippen LogP contribution in [0.4, 0.5) is 0 Å². The lowest BCUT2D eigenvalue weighted by molar-refractivity contribution is -0.124. The Morgan fingerprint density at radius 1 is 1.23 bits per heavy atom. The first-order chi connectivity index (χ1) is 12.5. The number of nitrogens with zero attached hydrogens (tertiary/aromatic N) is 1. The van der Waals surface area contributed by atoms with Gasteiger partial charge in [-0.2, -0.15) is 0 Å². The quantitative estimate of drug-likeness (QED) is 0.775. The summed E-state index contributed by atoms with van der Waals surface area (Å²) in [6.45, 7) is 3.92. The Balaban J connectivity index is 1.53. The van der Waals surface area contributed by atoms with E-state index >= 15 is 0 Å². The second-order valence-corrected chi connectivity index (χ2v) is 6.55. The van der Waals surface area contributed by atoms with Crippen molar-refractivity contribution < 1.29 is 19.1 Å². The first kappa shape index (κ1) is 18.0. The van der Waals surface area contributed by atoms with E-state index in [1.807, 2.05) is 44.2 Å². The Bertz CT molecular complexity index is 821. The van der Waals surface area contributed by atoms with Gasteiger partial charge in [-0.3, -0.25) is 4.79 Å². The number of benzene rings is 1. The Kier molecular flexibility index (Phi) is 5.30. The van der Waals surface area contributed by atoms with Gasteiger partial charge in [-0.05, 0) is 38.8 Å². The molecule has 1 saturated carbocycles. The molecule has 0 unspecified atom stereocenters. The maximum Gasteiger partial charge on any atom is 0.340 e.